The summed E-state index contributed by atoms with van der Waals surface area (Å²) in [7, 11) is 1.61. The topological polar surface area (TPSA) is 86.4 Å². The van der Waals surface area contributed by atoms with Crippen LogP contribution in [-0.2, 0) is 14.3 Å². The zero-order valence-electron chi connectivity index (χ0n) is 13.3. The molecule has 0 saturated carbocycles. The molecule has 0 aromatic carbocycles. The third-order valence-corrected chi connectivity index (χ3v) is 3.52. The first-order valence-corrected chi connectivity index (χ1v) is 6.37. The maximum atomic E-state index is 11.8. The van der Waals surface area contributed by atoms with Crippen molar-refractivity contribution in [2.24, 2.45) is 10.7 Å². The van der Waals surface area contributed by atoms with E-state index in [1.165, 1.54) is 5.01 Å². The fourth-order valence-electron chi connectivity index (χ4n) is 1.06. The Morgan fingerprint density at radius 2 is 1.80 bits per heavy atom. The highest BCUT2D eigenvalue weighted by Gasteiger charge is 2.41. The first-order chi connectivity index (χ1) is 9.04. The number of ether oxygens (including phenoxy) is 2. The molecule has 118 valence electrons. The van der Waals surface area contributed by atoms with Crippen molar-refractivity contribution >= 4 is 6.16 Å². The minimum Gasteiger partial charge on any atom is -0.569 e. The molecule has 0 rings (SSSR count). The Labute approximate surface area is 119 Å². The summed E-state index contributed by atoms with van der Waals surface area (Å²) in [6.07, 6.45) is -0.872. The molecule has 0 fully saturated rings. The lowest BCUT2D eigenvalue weighted by atomic mass is 9.76. The third-order valence-electron chi connectivity index (χ3n) is 3.52. The molecular formula is C12H25N3O5. The van der Waals surface area contributed by atoms with E-state index in [-0.39, 0.29) is 12.0 Å². The van der Waals surface area contributed by atoms with Gasteiger partial charge in [0, 0.05) is 0 Å². The smallest absolute Gasteiger partial charge is 0.511 e. The molecule has 0 aromatic heterocycles. The zero-order chi connectivity index (χ0) is 16.0. The summed E-state index contributed by atoms with van der Waals surface area (Å²) < 4.78 is 9.01. The molecule has 0 saturated heterocycles. The lowest BCUT2D eigenvalue weighted by Crippen LogP contribution is -2.53. The van der Waals surface area contributed by atoms with Gasteiger partial charge in [-0.2, -0.15) is 0 Å². The summed E-state index contributed by atoms with van der Waals surface area (Å²) in [6, 6.07) is 0. The Bertz CT molecular complexity index is 349. The minimum atomic E-state index is -0.872. The van der Waals surface area contributed by atoms with Crippen LogP contribution in [0, 0.1) is 10.6 Å². The molecule has 0 spiro atoms. The van der Waals surface area contributed by atoms with Gasteiger partial charge in [0.25, 0.3) is 6.79 Å². The van der Waals surface area contributed by atoms with E-state index >= 15 is 0 Å². The standard InChI is InChI=1S/C12H25N3O5/c1-8-18-10(16)19-9-20-13-15(17)14(7)12(5,6)11(2,3)4/h8-9H2,1-7H3/b15-13-. The van der Waals surface area contributed by atoms with Gasteiger partial charge in [-0.15, -0.1) is 5.01 Å². The maximum absolute atomic E-state index is 11.8. The Kier molecular flexibility index (Phi) is 6.54. The lowest BCUT2D eigenvalue weighted by Gasteiger charge is -2.41. The molecule has 0 aliphatic carbocycles. The normalized spacial score (nSPS) is 12.8. The van der Waals surface area contributed by atoms with Gasteiger partial charge in [0.15, 0.2) is 0 Å². The highest BCUT2D eigenvalue weighted by Crippen LogP contribution is 2.34. The Morgan fingerprint density at radius 3 is 2.25 bits per heavy atom. The van der Waals surface area contributed by atoms with Crippen molar-refractivity contribution in [1.29, 1.82) is 0 Å². The Morgan fingerprint density at radius 1 is 1.25 bits per heavy atom. The number of carbonyl (C=O) groups excluding carboxylic acids is 1. The van der Waals surface area contributed by atoms with Gasteiger partial charge in [0.2, 0.25) is 5.28 Å². The van der Waals surface area contributed by atoms with Crippen molar-refractivity contribution < 1.29 is 24.1 Å². The first kappa shape index (κ1) is 18.3. The van der Waals surface area contributed by atoms with Gasteiger partial charge in [-0.3, -0.25) is 0 Å². The monoisotopic (exact) mass is 291 g/mol. The summed E-state index contributed by atoms with van der Waals surface area (Å²) >= 11 is 0. The van der Waals surface area contributed by atoms with Crippen molar-refractivity contribution in [3.8, 4) is 0 Å². The summed E-state index contributed by atoms with van der Waals surface area (Å²) in [5.74, 6) is 0. The predicted octanol–water partition coefficient (Wildman–Crippen LogP) is 2.68. The van der Waals surface area contributed by atoms with Gasteiger partial charge in [0.1, 0.15) is 0 Å². The van der Waals surface area contributed by atoms with Crippen LogP contribution in [0.2, 0.25) is 0 Å². The number of nitrogens with zero attached hydrogens (tertiary/aromatic N) is 3. The maximum Gasteiger partial charge on any atom is 0.511 e. The van der Waals surface area contributed by atoms with E-state index in [1.807, 2.05) is 34.6 Å². The Hall–Kier alpha value is -1.73. The molecule has 0 radical (unpaired) electrons. The van der Waals surface area contributed by atoms with E-state index in [2.05, 4.69) is 19.6 Å². The number of rotatable bonds is 6. The molecule has 8 heteroatoms. The second kappa shape index (κ2) is 7.16. The molecule has 8 nitrogen and oxygen atoms in total. The van der Waals surface area contributed by atoms with Gasteiger partial charge < -0.3 is 19.5 Å². The van der Waals surface area contributed by atoms with Crippen molar-refractivity contribution in [1.82, 2.24) is 5.01 Å². The predicted molar refractivity (Wildman–Crippen MR) is 71.4 cm³/mol. The van der Waals surface area contributed by atoms with Crippen LogP contribution in [0.3, 0.4) is 0 Å². The Balaban J connectivity index is 4.41. The summed E-state index contributed by atoms with van der Waals surface area (Å²) in [4.78, 5) is 15.8. The summed E-state index contributed by atoms with van der Waals surface area (Å²) in [5, 5.41) is 16.5. The molecule has 0 unspecified atom stereocenters. The van der Waals surface area contributed by atoms with Crippen LogP contribution in [0.15, 0.2) is 5.28 Å². The van der Waals surface area contributed by atoms with E-state index in [4.69, 9.17) is 0 Å². The molecule has 0 bridgehead atoms. The number of carbonyl (C=O) groups is 1. The van der Waals surface area contributed by atoms with Crippen molar-refractivity contribution in [2.45, 2.75) is 47.1 Å². The SMILES string of the molecule is CCOC(=O)OCO/N=[N+](\[O-])N(C)C(C)(C)C(C)(C)C. The van der Waals surface area contributed by atoms with E-state index in [0.29, 0.717) is 4.97 Å². The minimum absolute atomic E-state index is 0.151. The number of hydrogen-bond donors (Lipinski definition) is 0. The zero-order valence-corrected chi connectivity index (χ0v) is 13.3. The van der Waals surface area contributed by atoms with Crippen LogP contribution in [0.5, 0.6) is 0 Å². The molecule has 0 aliphatic heterocycles. The average molecular weight is 291 g/mol. The second-order valence-electron chi connectivity index (χ2n) is 5.74. The molecule has 0 aliphatic rings. The van der Waals surface area contributed by atoms with Crippen molar-refractivity contribution in [3.05, 3.63) is 5.21 Å². The van der Waals surface area contributed by atoms with E-state index < -0.39 is 18.5 Å². The van der Waals surface area contributed by atoms with E-state index in [9.17, 15) is 10.0 Å². The van der Waals surface area contributed by atoms with Crippen LogP contribution in [-0.4, -0.2) is 42.1 Å². The van der Waals surface area contributed by atoms with Crippen molar-refractivity contribution in [3.63, 3.8) is 0 Å². The van der Waals surface area contributed by atoms with Crippen LogP contribution in [0.25, 0.3) is 0 Å². The molecule has 0 heterocycles. The van der Waals surface area contributed by atoms with E-state index in [1.54, 1.807) is 14.0 Å². The van der Waals surface area contributed by atoms with Gasteiger partial charge in [0.05, 0.1) is 24.2 Å². The quantitative estimate of drug-likeness (QED) is 0.187. The average Bonchev–Trinajstić information content (AvgIpc) is 2.32. The fraction of sp³-hybridized carbons (Fsp3) is 0.917. The fourth-order valence-corrected chi connectivity index (χ4v) is 1.06. The molecular weight excluding hydrogens is 266 g/mol. The van der Waals surface area contributed by atoms with Gasteiger partial charge in [-0.05, 0) is 26.2 Å². The highest BCUT2D eigenvalue weighted by molar-refractivity contribution is 5.59. The van der Waals surface area contributed by atoms with Gasteiger partial charge >= 0.3 is 6.16 Å². The first-order valence-electron chi connectivity index (χ1n) is 6.37. The molecule has 20 heavy (non-hydrogen) atoms. The van der Waals surface area contributed by atoms with Gasteiger partial charge in [-0.25, -0.2) is 4.79 Å². The van der Waals surface area contributed by atoms with Crippen LogP contribution >= 0.6 is 0 Å². The van der Waals surface area contributed by atoms with Crippen LogP contribution in [0.1, 0.15) is 41.5 Å². The molecule has 0 aromatic rings. The summed E-state index contributed by atoms with van der Waals surface area (Å²) in [5.41, 5.74) is -0.606. The van der Waals surface area contributed by atoms with Crippen LogP contribution in [0.4, 0.5) is 4.79 Å². The lowest BCUT2D eigenvalue weighted by molar-refractivity contribution is -0.724. The molecule has 0 N–H and O–H groups in total. The molecule has 0 atom stereocenters. The second-order valence-corrected chi connectivity index (χ2v) is 5.74. The third kappa shape index (κ3) is 5.10. The van der Waals surface area contributed by atoms with Crippen LogP contribution < -0.4 is 0 Å². The number of hydrogen-bond acceptors (Lipinski definition) is 6. The highest BCUT2D eigenvalue weighted by atomic mass is 16.8. The van der Waals surface area contributed by atoms with Gasteiger partial charge in [-0.1, -0.05) is 20.8 Å². The molecule has 0 amide bonds. The number of hydrazine groups is 1. The van der Waals surface area contributed by atoms with E-state index in [0.717, 1.165) is 0 Å². The largest absolute Gasteiger partial charge is 0.569 e. The van der Waals surface area contributed by atoms with Crippen molar-refractivity contribution in [2.75, 3.05) is 20.4 Å². The summed E-state index contributed by atoms with van der Waals surface area (Å²) in [6.45, 7) is 11.3.